The maximum Gasteiger partial charge on any atom is 0.0714 e. The molecular formula is C32H36N2O. The number of aliphatic hydroxyl groups is 1. The Bertz CT molecular complexity index is 1060. The summed E-state index contributed by atoms with van der Waals surface area (Å²) in [5, 5.41) is 11.6. The standard InChI is InChI=1S/C32H36N2O/c33-31(29-21-11-4-12-22-29)32(30(35)23-13-20-26-14-5-1-6-15-26)34(24-27-16-7-2-8-17-27)25-28-18-9-3-10-19-28/h1-12,14-19,21-22,30-32,35H,13,20,23-25,33H2. The Labute approximate surface area is 209 Å². The lowest BCUT2D eigenvalue weighted by molar-refractivity contribution is 0.0187. The molecule has 3 N–H and O–H groups in total. The van der Waals surface area contributed by atoms with E-state index < -0.39 is 6.10 Å². The summed E-state index contributed by atoms with van der Waals surface area (Å²) in [6.45, 7) is 1.44. The Kier molecular flexibility index (Phi) is 9.24. The van der Waals surface area contributed by atoms with Crippen molar-refractivity contribution in [2.75, 3.05) is 0 Å². The van der Waals surface area contributed by atoms with Crippen molar-refractivity contribution < 1.29 is 5.11 Å². The molecule has 0 aliphatic heterocycles. The van der Waals surface area contributed by atoms with Crippen LogP contribution in [0.25, 0.3) is 0 Å². The van der Waals surface area contributed by atoms with Crippen molar-refractivity contribution in [1.29, 1.82) is 0 Å². The van der Waals surface area contributed by atoms with Gasteiger partial charge >= 0.3 is 0 Å². The highest BCUT2D eigenvalue weighted by molar-refractivity contribution is 5.23. The van der Waals surface area contributed by atoms with Gasteiger partial charge in [-0.3, -0.25) is 4.90 Å². The third-order valence-corrected chi connectivity index (χ3v) is 6.63. The lowest BCUT2D eigenvalue weighted by Gasteiger charge is -2.39. The molecule has 3 heteroatoms. The van der Waals surface area contributed by atoms with Crippen LogP contribution in [-0.2, 0) is 19.5 Å². The summed E-state index contributed by atoms with van der Waals surface area (Å²) in [5.41, 5.74) is 11.7. The minimum Gasteiger partial charge on any atom is -0.391 e. The van der Waals surface area contributed by atoms with E-state index in [1.807, 2.05) is 36.4 Å². The molecule has 0 amide bonds. The van der Waals surface area contributed by atoms with Crippen LogP contribution in [0.1, 0.15) is 41.1 Å². The highest BCUT2D eigenvalue weighted by atomic mass is 16.3. The van der Waals surface area contributed by atoms with E-state index in [0.29, 0.717) is 6.42 Å². The molecule has 3 unspecified atom stereocenters. The Morgan fingerprint density at radius 1 is 0.600 bits per heavy atom. The van der Waals surface area contributed by atoms with Crippen LogP contribution >= 0.6 is 0 Å². The summed E-state index contributed by atoms with van der Waals surface area (Å²) in [6, 6.07) is 41.0. The third kappa shape index (κ3) is 7.37. The summed E-state index contributed by atoms with van der Waals surface area (Å²) in [6.07, 6.45) is 2.00. The minimum absolute atomic E-state index is 0.228. The number of hydrogen-bond donors (Lipinski definition) is 2. The van der Waals surface area contributed by atoms with Gasteiger partial charge in [0.2, 0.25) is 0 Å². The van der Waals surface area contributed by atoms with Gasteiger partial charge in [0, 0.05) is 19.1 Å². The van der Waals surface area contributed by atoms with E-state index in [9.17, 15) is 5.11 Å². The van der Waals surface area contributed by atoms with Crippen molar-refractivity contribution >= 4 is 0 Å². The van der Waals surface area contributed by atoms with Crippen LogP contribution in [0.5, 0.6) is 0 Å². The largest absolute Gasteiger partial charge is 0.391 e. The molecule has 3 atom stereocenters. The van der Waals surface area contributed by atoms with Crippen LogP contribution in [-0.4, -0.2) is 22.2 Å². The number of nitrogens with two attached hydrogens (primary N) is 1. The van der Waals surface area contributed by atoms with E-state index in [1.54, 1.807) is 0 Å². The fourth-order valence-corrected chi connectivity index (χ4v) is 4.82. The molecule has 0 heterocycles. The SMILES string of the molecule is NC(c1ccccc1)C(C(O)CCCc1ccccc1)N(Cc1ccccc1)Cc1ccccc1. The molecule has 35 heavy (non-hydrogen) atoms. The van der Waals surface area contributed by atoms with E-state index in [0.717, 1.165) is 31.5 Å². The van der Waals surface area contributed by atoms with Gasteiger partial charge in [-0.25, -0.2) is 0 Å². The van der Waals surface area contributed by atoms with Crippen molar-refractivity contribution in [2.24, 2.45) is 5.73 Å². The molecule has 0 radical (unpaired) electrons. The summed E-state index contributed by atoms with van der Waals surface area (Å²) >= 11 is 0. The van der Waals surface area contributed by atoms with E-state index in [4.69, 9.17) is 5.73 Å². The first kappa shape index (κ1) is 24.9. The van der Waals surface area contributed by atoms with Crippen LogP contribution in [0.3, 0.4) is 0 Å². The normalized spacial score (nSPS) is 13.9. The molecule has 0 bridgehead atoms. The van der Waals surface area contributed by atoms with Gasteiger partial charge < -0.3 is 10.8 Å². The number of aliphatic hydroxyl groups excluding tert-OH is 1. The number of benzene rings is 4. The number of nitrogens with zero attached hydrogens (tertiary/aromatic N) is 1. The van der Waals surface area contributed by atoms with Crippen molar-refractivity contribution in [3.8, 4) is 0 Å². The van der Waals surface area contributed by atoms with Crippen molar-refractivity contribution in [1.82, 2.24) is 4.90 Å². The fourth-order valence-electron chi connectivity index (χ4n) is 4.82. The topological polar surface area (TPSA) is 49.5 Å². The molecule has 4 rings (SSSR count). The molecule has 0 spiro atoms. The quantitative estimate of drug-likeness (QED) is 0.265. The van der Waals surface area contributed by atoms with E-state index in [-0.39, 0.29) is 12.1 Å². The number of rotatable bonds is 12. The summed E-state index contributed by atoms with van der Waals surface area (Å²) < 4.78 is 0. The predicted molar refractivity (Wildman–Crippen MR) is 145 cm³/mol. The summed E-state index contributed by atoms with van der Waals surface area (Å²) in [7, 11) is 0. The first-order chi connectivity index (χ1) is 17.2. The predicted octanol–water partition coefficient (Wildman–Crippen LogP) is 6.14. The molecule has 0 aliphatic rings. The molecule has 0 aliphatic carbocycles. The Morgan fingerprint density at radius 2 is 1.03 bits per heavy atom. The molecule has 0 aromatic heterocycles. The maximum absolute atomic E-state index is 11.6. The molecule has 4 aromatic rings. The first-order valence-corrected chi connectivity index (χ1v) is 12.5. The first-order valence-electron chi connectivity index (χ1n) is 12.5. The lowest BCUT2D eigenvalue weighted by Crippen LogP contribution is -2.49. The number of aryl methyl sites for hydroxylation is 1. The Morgan fingerprint density at radius 3 is 1.51 bits per heavy atom. The zero-order valence-corrected chi connectivity index (χ0v) is 20.3. The van der Waals surface area contributed by atoms with Crippen LogP contribution in [0, 0.1) is 0 Å². The van der Waals surface area contributed by atoms with Gasteiger partial charge in [-0.15, -0.1) is 0 Å². The molecule has 4 aromatic carbocycles. The van der Waals surface area contributed by atoms with Crippen LogP contribution in [0.2, 0.25) is 0 Å². The highest BCUT2D eigenvalue weighted by Gasteiger charge is 2.32. The second kappa shape index (κ2) is 13.0. The second-order valence-corrected chi connectivity index (χ2v) is 9.25. The second-order valence-electron chi connectivity index (χ2n) is 9.25. The van der Waals surface area contributed by atoms with Crippen LogP contribution in [0.15, 0.2) is 121 Å². The highest BCUT2D eigenvalue weighted by Crippen LogP contribution is 2.27. The average Bonchev–Trinajstić information content (AvgIpc) is 2.91. The Hall–Kier alpha value is -3.24. The minimum atomic E-state index is -0.554. The van der Waals surface area contributed by atoms with Gasteiger partial charge in [-0.1, -0.05) is 121 Å². The van der Waals surface area contributed by atoms with Gasteiger partial charge in [0.1, 0.15) is 0 Å². The van der Waals surface area contributed by atoms with Gasteiger partial charge in [0.25, 0.3) is 0 Å². The summed E-state index contributed by atoms with van der Waals surface area (Å²) in [5.74, 6) is 0. The average molecular weight is 465 g/mol. The monoisotopic (exact) mass is 464 g/mol. The molecule has 0 saturated heterocycles. The van der Waals surface area contributed by atoms with Crippen molar-refractivity contribution in [3.63, 3.8) is 0 Å². The maximum atomic E-state index is 11.6. The van der Waals surface area contributed by atoms with E-state index in [2.05, 4.69) is 89.8 Å². The van der Waals surface area contributed by atoms with Crippen molar-refractivity contribution in [2.45, 2.75) is 50.5 Å². The lowest BCUT2D eigenvalue weighted by atomic mass is 9.90. The fraction of sp³-hybridized carbons (Fsp3) is 0.250. The van der Waals surface area contributed by atoms with Crippen LogP contribution in [0.4, 0.5) is 0 Å². The molecule has 3 nitrogen and oxygen atoms in total. The molecule has 0 saturated carbocycles. The molecular weight excluding hydrogens is 428 g/mol. The smallest absolute Gasteiger partial charge is 0.0714 e. The zero-order valence-electron chi connectivity index (χ0n) is 20.3. The number of hydrogen-bond acceptors (Lipinski definition) is 3. The van der Waals surface area contributed by atoms with Crippen molar-refractivity contribution in [3.05, 3.63) is 144 Å². The molecule has 0 fully saturated rings. The summed E-state index contributed by atoms with van der Waals surface area (Å²) in [4.78, 5) is 2.36. The third-order valence-electron chi connectivity index (χ3n) is 6.63. The van der Waals surface area contributed by atoms with Gasteiger partial charge in [0.15, 0.2) is 0 Å². The van der Waals surface area contributed by atoms with Gasteiger partial charge in [-0.2, -0.15) is 0 Å². The van der Waals surface area contributed by atoms with E-state index >= 15 is 0 Å². The Balaban J connectivity index is 1.60. The van der Waals surface area contributed by atoms with E-state index in [1.165, 1.54) is 16.7 Å². The van der Waals surface area contributed by atoms with Crippen LogP contribution < -0.4 is 5.73 Å². The van der Waals surface area contributed by atoms with Gasteiger partial charge in [0.05, 0.1) is 12.1 Å². The molecule has 180 valence electrons. The van der Waals surface area contributed by atoms with Gasteiger partial charge in [-0.05, 0) is 41.5 Å². The zero-order chi connectivity index (χ0) is 24.3.